The van der Waals surface area contributed by atoms with Crippen LogP contribution in [0.4, 0.5) is 8.78 Å². The topological polar surface area (TPSA) is 0 Å². The van der Waals surface area contributed by atoms with Crippen LogP contribution in [0.3, 0.4) is 0 Å². The van der Waals surface area contributed by atoms with Gasteiger partial charge in [0, 0.05) is 5.39 Å². The monoisotopic (exact) mass is 420 g/mol. The minimum absolute atomic E-state index is 0.378. The van der Waals surface area contributed by atoms with Gasteiger partial charge in [-0.3, -0.25) is 0 Å². The molecule has 0 nitrogen and oxygen atoms in total. The molecule has 0 N–H and O–H groups in total. The maximum Gasteiger partial charge on any atom is 0.166 e. The summed E-state index contributed by atoms with van der Waals surface area (Å²) in [6.45, 7) is 2.26. The second-order valence-corrected chi connectivity index (χ2v) is 9.30. The van der Waals surface area contributed by atoms with Crippen molar-refractivity contribution < 1.29 is 8.78 Å². The summed E-state index contributed by atoms with van der Waals surface area (Å²) in [4.78, 5) is 0. The van der Waals surface area contributed by atoms with Crippen LogP contribution in [-0.4, -0.2) is 0 Å². The van der Waals surface area contributed by atoms with Gasteiger partial charge in [0.2, 0.25) is 0 Å². The van der Waals surface area contributed by atoms with Crippen LogP contribution in [0.25, 0.3) is 10.8 Å². The van der Waals surface area contributed by atoms with Gasteiger partial charge < -0.3 is 0 Å². The van der Waals surface area contributed by atoms with Gasteiger partial charge in [-0.1, -0.05) is 81.1 Å². The van der Waals surface area contributed by atoms with Gasteiger partial charge in [-0.2, -0.15) is 0 Å². The van der Waals surface area contributed by atoms with Gasteiger partial charge >= 0.3 is 0 Å². The van der Waals surface area contributed by atoms with E-state index in [4.69, 9.17) is 0 Å². The van der Waals surface area contributed by atoms with Crippen LogP contribution in [0.5, 0.6) is 0 Å². The van der Waals surface area contributed by atoms with Gasteiger partial charge in [0.05, 0.1) is 0 Å². The highest BCUT2D eigenvalue weighted by molar-refractivity contribution is 5.84. The standard InChI is InChI=1S/C29H34F2/c1-2-3-4-5-6-7-21-8-10-22(11-9-21)23-12-14-24(15-13-23)25-16-18-27-26(20-25)17-19-28(30)29(27)31/h8-11,16-20,23-24H,2-7,12-15H2,1H3. The quantitative estimate of drug-likeness (QED) is 0.319. The van der Waals surface area contributed by atoms with E-state index >= 15 is 0 Å². The molecule has 0 atom stereocenters. The third kappa shape index (κ3) is 5.34. The Bertz CT molecular complexity index is 982. The first kappa shape index (κ1) is 22.0. The fourth-order valence-electron chi connectivity index (χ4n) is 5.19. The zero-order valence-electron chi connectivity index (χ0n) is 18.7. The number of unbranched alkanes of at least 4 members (excludes halogenated alkanes) is 4. The van der Waals surface area contributed by atoms with Crippen LogP contribution in [-0.2, 0) is 6.42 Å². The van der Waals surface area contributed by atoms with Crippen LogP contribution in [0, 0.1) is 11.6 Å². The van der Waals surface area contributed by atoms with Gasteiger partial charge in [0.15, 0.2) is 11.6 Å². The zero-order chi connectivity index (χ0) is 21.6. The fourth-order valence-corrected chi connectivity index (χ4v) is 5.19. The molecule has 0 bridgehead atoms. The Labute approximate surface area is 185 Å². The minimum atomic E-state index is -0.775. The molecule has 0 heterocycles. The molecule has 1 fully saturated rings. The van der Waals surface area contributed by atoms with Crippen molar-refractivity contribution >= 4 is 10.8 Å². The molecule has 3 aromatic rings. The molecule has 0 aliphatic heterocycles. The van der Waals surface area contributed by atoms with E-state index in [1.807, 2.05) is 6.07 Å². The average Bonchev–Trinajstić information content (AvgIpc) is 2.82. The first-order valence-corrected chi connectivity index (χ1v) is 12.1. The van der Waals surface area contributed by atoms with Crippen molar-refractivity contribution in [3.8, 4) is 0 Å². The van der Waals surface area contributed by atoms with E-state index in [0.29, 0.717) is 17.2 Å². The zero-order valence-corrected chi connectivity index (χ0v) is 18.7. The Morgan fingerprint density at radius 1 is 0.710 bits per heavy atom. The van der Waals surface area contributed by atoms with Crippen molar-refractivity contribution in [3.63, 3.8) is 0 Å². The summed E-state index contributed by atoms with van der Waals surface area (Å²) < 4.78 is 27.4. The largest absolute Gasteiger partial charge is 0.204 e. The van der Waals surface area contributed by atoms with Crippen molar-refractivity contribution in [3.05, 3.63) is 82.9 Å². The normalized spacial score (nSPS) is 19.1. The van der Waals surface area contributed by atoms with Crippen molar-refractivity contribution in [2.45, 2.75) is 83.0 Å². The van der Waals surface area contributed by atoms with Crippen molar-refractivity contribution in [1.29, 1.82) is 0 Å². The maximum atomic E-state index is 14.0. The van der Waals surface area contributed by atoms with Crippen molar-refractivity contribution in [2.75, 3.05) is 0 Å². The minimum Gasteiger partial charge on any atom is -0.204 e. The fraction of sp³-hybridized carbons (Fsp3) is 0.448. The Hall–Kier alpha value is -2.22. The molecule has 1 aliphatic rings. The third-order valence-electron chi connectivity index (χ3n) is 7.15. The van der Waals surface area contributed by atoms with Crippen molar-refractivity contribution in [1.82, 2.24) is 0 Å². The van der Waals surface area contributed by atoms with E-state index in [9.17, 15) is 8.78 Å². The second kappa shape index (κ2) is 10.4. The van der Waals surface area contributed by atoms with Gasteiger partial charge in [0.1, 0.15) is 0 Å². The molecule has 4 rings (SSSR count). The van der Waals surface area contributed by atoms with Crippen LogP contribution in [0.1, 0.15) is 93.2 Å². The lowest BCUT2D eigenvalue weighted by Crippen LogP contribution is -2.12. The molecule has 0 radical (unpaired) electrons. The van der Waals surface area contributed by atoms with Gasteiger partial charge in [0.25, 0.3) is 0 Å². The molecular weight excluding hydrogens is 386 g/mol. The van der Waals surface area contributed by atoms with Gasteiger partial charge in [-0.15, -0.1) is 0 Å². The molecule has 0 unspecified atom stereocenters. The summed E-state index contributed by atoms with van der Waals surface area (Å²) in [6, 6.07) is 18.1. The Kier molecular flexibility index (Phi) is 7.37. The van der Waals surface area contributed by atoms with E-state index in [1.165, 1.54) is 74.1 Å². The Morgan fingerprint density at radius 3 is 2.06 bits per heavy atom. The molecule has 0 saturated heterocycles. The lowest BCUT2D eigenvalue weighted by atomic mass is 9.76. The number of benzene rings is 3. The Balaban J connectivity index is 1.32. The Morgan fingerprint density at radius 2 is 1.35 bits per heavy atom. The van der Waals surface area contributed by atoms with Crippen LogP contribution in [0.2, 0.25) is 0 Å². The molecule has 1 saturated carbocycles. The highest BCUT2D eigenvalue weighted by Gasteiger charge is 2.24. The molecule has 3 aromatic carbocycles. The molecule has 0 spiro atoms. The predicted molar refractivity (Wildman–Crippen MR) is 127 cm³/mol. The summed E-state index contributed by atoms with van der Waals surface area (Å²) in [5.41, 5.74) is 4.20. The number of rotatable bonds is 8. The summed E-state index contributed by atoms with van der Waals surface area (Å²) in [7, 11) is 0. The molecule has 164 valence electrons. The van der Waals surface area contributed by atoms with E-state index in [2.05, 4.69) is 37.3 Å². The molecule has 31 heavy (non-hydrogen) atoms. The highest BCUT2D eigenvalue weighted by atomic mass is 19.2. The van der Waals surface area contributed by atoms with E-state index in [0.717, 1.165) is 18.2 Å². The molecule has 1 aliphatic carbocycles. The molecule has 0 aromatic heterocycles. The van der Waals surface area contributed by atoms with Crippen LogP contribution in [0.15, 0.2) is 54.6 Å². The predicted octanol–water partition coefficient (Wildman–Crippen LogP) is 9.07. The average molecular weight is 421 g/mol. The summed E-state index contributed by atoms with van der Waals surface area (Å²) in [5, 5.41) is 1.17. The van der Waals surface area contributed by atoms with Gasteiger partial charge in [-0.05, 0) is 78.5 Å². The number of hydrogen-bond acceptors (Lipinski definition) is 0. The lowest BCUT2D eigenvalue weighted by molar-refractivity contribution is 0.396. The van der Waals surface area contributed by atoms with Crippen LogP contribution < -0.4 is 0 Å². The lowest BCUT2D eigenvalue weighted by Gasteiger charge is -2.29. The third-order valence-corrected chi connectivity index (χ3v) is 7.15. The summed E-state index contributed by atoms with van der Waals surface area (Å²) >= 11 is 0. The number of halogens is 2. The maximum absolute atomic E-state index is 14.0. The molecule has 2 heteroatoms. The first-order chi connectivity index (χ1) is 15.2. The first-order valence-electron chi connectivity index (χ1n) is 12.1. The molecular formula is C29H34F2. The number of hydrogen-bond donors (Lipinski definition) is 0. The van der Waals surface area contributed by atoms with E-state index < -0.39 is 11.6 Å². The summed E-state index contributed by atoms with van der Waals surface area (Å²) in [5.74, 6) is -0.363. The second-order valence-electron chi connectivity index (χ2n) is 9.30. The summed E-state index contributed by atoms with van der Waals surface area (Å²) in [6.07, 6.45) is 12.5. The number of aryl methyl sites for hydroxylation is 1. The van der Waals surface area contributed by atoms with E-state index in [1.54, 1.807) is 12.1 Å². The van der Waals surface area contributed by atoms with Gasteiger partial charge in [-0.25, -0.2) is 8.78 Å². The van der Waals surface area contributed by atoms with Crippen LogP contribution >= 0.6 is 0 Å². The number of fused-ring (bicyclic) bond motifs is 1. The highest BCUT2D eigenvalue weighted by Crippen LogP contribution is 2.41. The smallest absolute Gasteiger partial charge is 0.166 e. The SMILES string of the molecule is CCCCCCCc1ccc(C2CCC(c3ccc4c(F)c(F)ccc4c3)CC2)cc1. The molecule has 0 amide bonds. The van der Waals surface area contributed by atoms with E-state index in [-0.39, 0.29) is 0 Å². The van der Waals surface area contributed by atoms with Crippen molar-refractivity contribution in [2.24, 2.45) is 0 Å².